The van der Waals surface area contributed by atoms with E-state index in [4.69, 9.17) is 11.6 Å². The predicted molar refractivity (Wildman–Crippen MR) is 147 cm³/mol. The van der Waals surface area contributed by atoms with Gasteiger partial charge in [0.1, 0.15) is 0 Å². The van der Waals surface area contributed by atoms with E-state index in [0.717, 1.165) is 55.0 Å². The van der Waals surface area contributed by atoms with Crippen LogP contribution in [0.1, 0.15) is 53.2 Å². The first-order chi connectivity index (χ1) is 17.9. The largest absolute Gasteiger partial charge is 0.336 e. The van der Waals surface area contributed by atoms with Gasteiger partial charge in [0.2, 0.25) is 5.91 Å². The van der Waals surface area contributed by atoms with Gasteiger partial charge in [-0.2, -0.15) is 0 Å². The molecule has 2 amide bonds. The van der Waals surface area contributed by atoms with Gasteiger partial charge < -0.3 is 9.80 Å². The molecule has 1 saturated carbocycles. The van der Waals surface area contributed by atoms with Gasteiger partial charge in [-0.3, -0.25) is 14.5 Å². The number of piperazine rings is 1. The van der Waals surface area contributed by atoms with Gasteiger partial charge in [-0.05, 0) is 67.3 Å². The maximum atomic E-state index is 14.0. The lowest BCUT2D eigenvalue weighted by Crippen LogP contribution is -2.50. The summed E-state index contributed by atoms with van der Waals surface area (Å²) in [6.07, 6.45) is 0.807. The molecule has 190 valence electrons. The van der Waals surface area contributed by atoms with Crippen LogP contribution in [-0.4, -0.2) is 53.8 Å². The Kier molecular flexibility index (Phi) is 6.09. The molecule has 2 aliphatic heterocycles. The van der Waals surface area contributed by atoms with Gasteiger partial charge in [0.25, 0.3) is 5.91 Å². The second-order valence-corrected chi connectivity index (χ2v) is 11.2. The summed E-state index contributed by atoms with van der Waals surface area (Å²) in [6, 6.07) is 24.3. The summed E-state index contributed by atoms with van der Waals surface area (Å²) >= 11 is 6.11. The van der Waals surface area contributed by atoms with Crippen molar-refractivity contribution in [2.75, 3.05) is 31.1 Å². The SMILES string of the molecule is CC(C)N1CCN(C(=O)c2cccc(CN3C(=O)[C@@]4(C[C@H]4c4ccc(Cl)cc4)c4ccccc43)c2)CC1. The number of hydrogen-bond donors (Lipinski definition) is 0. The lowest BCUT2D eigenvalue weighted by Gasteiger charge is -2.37. The minimum absolute atomic E-state index is 0.0693. The van der Waals surface area contributed by atoms with Crippen LogP contribution in [0.4, 0.5) is 5.69 Å². The van der Waals surface area contributed by atoms with Crippen LogP contribution < -0.4 is 4.90 Å². The first kappa shape index (κ1) is 24.2. The van der Waals surface area contributed by atoms with E-state index in [9.17, 15) is 9.59 Å². The first-order valence-corrected chi connectivity index (χ1v) is 13.6. The third kappa shape index (κ3) is 4.14. The van der Waals surface area contributed by atoms with Crippen molar-refractivity contribution in [3.8, 4) is 0 Å². The Morgan fingerprint density at radius 3 is 2.43 bits per heavy atom. The van der Waals surface area contributed by atoms with Crippen molar-refractivity contribution in [1.29, 1.82) is 0 Å². The molecule has 5 nitrogen and oxygen atoms in total. The summed E-state index contributed by atoms with van der Waals surface area (Å²) in [5, 5.41) is 0.703. The number of amides is 2. The fourth-order valence-corrected chi connectivity index (χ4v) is 6.34. The minimum atomic E-state index is -0.506. The van der Waals surface area contributed by atoms with Crippen LogP contribution in [0.15, 0.2) is 72.8 Å². The molecule has 3 aromatic carbocycles. The molecule has 6 heteroatoms. The fourth-order valence-electron chi connectivity index (χ4n) is 6.21. The zero-order chi connectivity index (χ0) is 25.7. The molecule has 2 heterocycles. The number of carbonyl (C=O) groups is 2. The van der Waals surface area contributed by atoms with Crippen molar-refractivity contribution in [2.45, 2.75) is 44.2 Å². The molecule has 0 bridgehead atoms. The van der Waals surface area contributed by atoms with Gasteiger partial charge in [-0.25, -0.2) is 0 Å². The second-order valence-electron chi connectivity index (χ2n) is 10.8. The maximum Gasteiger partial charge on any atom is 0.253 e. The van der Waals surface area contributed by atoms with E-state index in [1.54, 1.807) is 0 Å². The number of fused-ring (bicyclic) bond motifs is 2. The quantitative estimate of drug-likeness (QED) is 0.454. The van der Waals surface area contributed by atoms with E-state index in [1.165, 1.54) is 0 Å². The van der Waals surface area contributed by atoms with Crippen molar-refractivity contribution in [2.24, 2.45) is 0 Å². The van der Waals surface area contributed by atoms with Gasteiger partial charge >= 0.3 is 0 Å². The average Bonchev–Trinajstić information content (AvgIpc) is 3.63. The van der Waals surface area contributed by atoms with Gasteiger partial charge in [0.15, 0.2) is 0 Å². The van der Waals surface area contributed by atoms with Gasteiger partial charge in [0.05, 0.1) is 12.0 Å². The smallest absolute Gasteiger partial charge is 0.253 e. The molecular formula is C31H32ClN3O2. The van der Waals surface area contributed by atoms with Crippen molar-refractivity contribution in [3.63, 3.8) is 0 Å². The van der Waals surface area contributed by atoms with E-state index < -0.39 is 5.41 Å². The molecule has 0 radical (unpaired) electrons. The molecule has 2 atom stereocenters. The van der Waals surface area contributed by atoms with Crippen molar-refractivity contribution in [1.82, 2.24) is 9.80 Å². The molecule has 1 saturated heterocycles. The molecule has 2 fully saturated rings. The highest BCUT2D eigenvalue weighted by Crippen LogP contribution is 2.66. The number of nitrogens with zero attached hydrogens (tertiary/aromatic N) is 3. The van der Waals surface area contributed by atoms with E-state index in [1.807, 2.05) is 76.5 Å². The molecular weight excluding hydrogens is 482 g/mol. The second kappa shape index (κ2) is 9.30. The molecule has 6 rings (SSSR count). The molecule has 0 unspecified atom stereocenters. The van der Waals surface area contributed by atoms with Gasteiger partial charge in [-0.15, -0.1) is 0 Å². The molecule has 0 aromatic heterocycles. The Morgan fingerprint density at radius 2 is 1.70 bits per heavy atom. The first-order valence-electron chi connectivity index (χ1n) is 13.2. The lowest BCUT2D eigenvalue weighted by molar-refractivity contribution is -0.120. The molecule has 0 N–H and O–H groups in total. The highest BCUT2D eigenvalue weighted by Gasteiger charge is 2.67. The van der Waals surface area contributed by atoms with Crippen molar-refractivity contribution in [3.05, 3.63) is 100 Å². The van der Waals surface area contributed by atoms with Crippen LogP contribution in [-0.2, 0) is 16.8 Å². The van der Waals surface area contributed by atoms with Crippen LogP contribution in [0, 0.1) is 0 Å². The van der Waals surface area contributed by atoms with Crippen LogP contribution in [0.3, 0.4) is 0 Å². The van der Waals surface area contributed by atoms with Crippen molar-refractivity contribution < 1.29 is 9.59 Å². The number of benzene rings is 3. The Balaban J connectivity index is 1.22. The predicted octanol–water partition coefficient (Wildman–Crippen LogP) is 5.48. The summed E-state index contributed by atoms with van der Waals surface area (Å²) in [6.45, 7) is 8.14. The topological polar surface area (TPSA) is 43.9 Å². The summed E-state index contributed by atoms with van der Waals surface area (Å²) in [7, 11) is 0. The standard InChI is InChI=1S/C31H32ClN3O2/c1-21(2)33-14-16-34(17-15-33)29(36)24-7-5-6-22(18-24)20-35-28-9-4-3-8-26(28)31(30(35)37)19-27(31)23-10-12-25(32)13-11-23/h3-13,18,21,27H,14-17,19-20H2,1-2H3/t27-,31-/m0/s1. The van der Waals surface area contributed by atoms with Crippen LogP contribution in [0.25, 0.3) is 0 Å². The van der Waals surface area contributed by atoms with Crippen LogP contribution >= 0.6 is 11.6 Å². The number of halogens is 1. The normalized spacial score (nSPS) is 23.1. The third-order valence-electron chi connectivity index (χ3n) is 8.38. The summed E-state index contributed by atoms with van der Waals surface area (Å²) in [5.41, 5.74) is 4.39. The number of carbonyl (C=O) groups excluding carboxylic acids is 2. The molecule has 1 spiro atoms. The van der Waals surface area contributed by atoms with Crippen LogP contribution in [0.5, 0.6) is 0 Å². The van der Waals surface area contributed by atoms with E-state index in [-0.39, 0.29) is 17.7 Å². The molecule has 1 aliphatic carbocycles. The van der Waals surface area contributed by atoms with Crippen LogP contribution in [0.2, 0.25) is 5.02 Å². The minimum Gasteiger partial charge on any atom is -0.336 e. The van der Waals surface area contributed by atoms with E-state index in [2.05, 4.69) is 24.8 Å². The molecule has 3 aliphatic rings. The van der Waals surface area contributed by atoms with Gasteiger partial charge in [-0.1, -0.05) is 54.1 Å². The zero-order valence-corrected chi connectivity index (χ0v) is 22.1. The van der Waals surface area contributed by atoms with Crippen molar-refractivity contribution >= 4 is 29.1 Å². The Morgan fingerprint density at radius 1 is 0.973 bits per heavy atom. The lowest BCUT2D eigenvalue weighted by atomic mass is 9.92. The summed E-state index contributed by atoms with van der Waals surface area (Å²) in [4.78, 5) is 33.5. The Hall–Kier alpha value is -3.15. The maximum absolute atomic E-state index is 14.0. The molecule has 37 heavy (non-hydrogen) atoms. The highest BCUT2D eigenvalue weighted by molar-refractivity contribution is 6.30. The summed E-state index contributed by atoms with van der Waals surface area (Å²) in [5.74, 6) is 0.371. The number of anilines is 1. The number of rotatable bonds is 5. The Bertz CT molecular complexity index is 1350. The van der Waals surface area contributed by atoms with Gasteiger partial charge in [0, 0.05) is 54.4 Å². The van der Waals surface area contributed by atoms with E-state index >= 15 is 0 Å². The highest BCUT2D eigenvalue weighted by atomic mass is 35.5. The fraction of sp³-hybridized carbons (Fsp3) is 0.355. The zero-order valence-electron chi connectivity index (χ0n) is 21.4. The Labute approximate surface area is 223 Å². The monoisotopic (exact) mass is 513 g/mol. The number of para-hydroxylation sites is 1. The van der Waals surface area contributed by atoms with E-state index in [0.29, 0.717) is 23.2 Å². The molecule has 3 aromatic rings. The summed E-state index contributed by atoms with van der Waals surface area (Å²) < 4.78 is 0. The third-order valence-corrected chi connectivity index (χ3v) is 8.63. The number of hydrogen-bond acceptors (Lipinski definition) is 3. The average molecular weight is 514 g/mol.